The Morgan fingerprint density at radius 3 is 2.08 bits per heavy atom. The van der Waals surface area contributed by atoms with E-state index < -0.39 is 0 Å². The van der Waals surface area contributed by atoms with Gasteiger partial charge < -0.3 is 5.73 Å². The van der Waals surface area contributed by atoms with E-state index in [0.29, 0.717) is 16.9 Å². The van der Waals surface area contributed by atoms with Crippen LogP contribution in [-0.4, -0.2) is 6.04 Å². The van der Waals surface area contributed by atoms with Gasteiger partial charge in [-0.15, -0.1) is 0 Å². The Labute approximate surface area is 76.7 Å². The maximum Gasteiger partial charge on any atom is 0.00645 e. The third-order valence-corrected chi connectivity index (χ3v) is 3.58. The lowest BCUT2D eigenvalue weighted by Gasteiger charge is -2.45. The average molecular weight is 169 g/mol. The van der Waals surface area contributed by atoms with Crippen LogP contribution >= 0.6 is 0 Å². The van der Waals surface area contributed by atoms with Crippen LogP contribution in [0, 0.1) is 10.8 Å². The third kappa shape index (κ3) is 2.01. The van der Waals surface area contributed by atoms with Gasteiger partial charge in [0.15, 0.2) is 0 Å². The Morgan fingerprint density at radius 2 is 1.75 bits per heavy atom. The summed E-state index contributed by atoms with van der Waals surface area (Å²) in [4.78, 5) is 0. The van der Waals surface area contributed by atoms with Crippen LogP contribution in [0.5, 0.6) is 0 Å². The minimum absolute atomic E-state index is 0.345. The lowest BCUT2D eigenvalue weighted by Crippen LogP contribution is -2.43. The van der Waals surface area contributed by atoms with Crippen molar-refractivity contribution in [2.24, 2.45) is 16.6 Å². The van der Waals surface area contributed by atoms with E-state index in [2.05, 4.69) is 27.7 Å². The van der Waals surface area contributed by atoms with Gasteiger partial charge in [0.1, 0.15) is 0 Å². The van der Waals surface area contributed by atoms with Crippen molar-refractivity contribution in [2.45, 2.75) is 59.4 Å². The normalized spacial score (nSPS) is 37.8. The molecule has 72 valence electrons. The maximum atomic E-state index is 6.02. The molecule has 0 heterocycles. The van der Waals surface area contributed by atoms with Gasteiger partial charge in [0.25, 0.3) is 0 Å². The van der Waals surface area contributed by atoms with E-state index in [9.17, 15) is 0 Å². The van der Waals surface area contributed by atoms with E-state index >= 15 is 0 Å². The van der Waals surface area contributed by atoms with Gasteiger partial charge >= 0.3 is 0 Å². The molecular formula is C11H23N. The maximum absolute atomic E-state index is 6.02. The highest BCUT2D eigenvalue weighted by atomic mass is 14.7. The van der Waals surface area contributed by atoms with E-state index in [1.807, 2.05) is 0 Å². The molecule has 0 aromatic heterocycles. The Bertz CT molecular complexity index is 160. The molecule has 1 heteroatoms. The highest BCUT2D eigenvalue weighted by Gasteiger charge is 2.38. The standard InChI is InChI=1S/C11H23N/c1-9(12)11(4)7-5-6-10(2,3)8-11/h9H,5-8,12H2,1-4H3. The summed E-state index contributed by atoms with van der Waals surface area (Å²) in [6.07, 6.45) is 5.33. The van der Waals surface area contributed by atoms with Crippen molar-refractivity contribution in [1.29, 1.82) is 0 Å². The SMILES string of the molecule is CC(N)C1(C)CCCC(C)(C)C1. The molecule has 0 aromatic rings. The molecule has 0 radical (unpaired) electrons. The van der Waals surface area contributed by atoms with Crippen LogP contribution in [0.2, 0.25) is 0 Å². The molecule has 0 spiro atoms. The van der Waals surface area contributed by atoms with E-state index in [1.54, 1.807) is 0 Å². The van der Waals surface area contributed by atoms with Crippen molar-refractivity contribution in [2.75, 3.05) is 0 Å². The Kier molecular flexibility index (Phi) is 2.53. The van der Waals surface area contributed by atoms with Crippen molar-refractivity contribution in [3.05, 3.63) is 0 Å². The fourth-order valence-electron chi connectivity index (χ4n) is 2.63. The van der Waals surface area contributed by atoms with Crippen LogP contribution in [-0.2, 0) is 0 Å². The summed E-state index contributed by atoms with van der Waals surface area (Å²) in [6.45, 7) is 9.24. The van der Waals surface area contributed by atoms with Crippen LogP contribution in [0.15, 0.2) is 0 Å². The van der Waals surface area contributed by atoms with Crippen molar-refractivity contribution in [3.8, 4) is 0 Å². The first-order valence-corrected chi connectivity index (χ1v) is 5.11. The topological polar surface area (TPSA) is 26.0 Å². The van der Waals surface area contributed by atoms with Gasteiger partial charge in [-0.3, -0.25) is 0 Å². The van der Waals surface area contributed by atoms with Gasteiger partial charge in [-0.2, -0.15) is 0 Å². The van der Waals surface area contributed by atoms with E-state index in [1.165, 1.54) is 25.7 Å². The van der Waals surface area contributed by atoms with Crippen molar-refractivity contribution in [1.82, 2.24) is 0 Å². The Morgan fingerprint density at radius 1 is 1.17 bits per heavy atom. The molecule has 0 saturated heterocycles. The molecule has 1 fully saturated rings. The second-order valence-corrected chi connectivity index (χ2v) is 5.64. The fourth-order valence-corrected chi connectivity index (χ4v) is 2.63. The van der Waals surface area contributed by atoms with Crippen LogP contribution in [0.3, 0.4) is 0 Å². The lowest BCUT2D eigenvalue weighted by atomic mass is 9.62. The molecule has 2 atom stereocenters. The predicted molar refractivity (Wildman–Crippen MR) is 54.0 cm³/mol. The minimum atomic E-state index is 0.345. The van der Waals surface area contributed by atoms with Gasteiger partial charge in [0.05, 0.1) is 0 Å². The second kappa shape index (κ2) is 3.02. The number of nitrogens with two attached hydrogens (primary N) is 1. The van der Waals surface area contributed by atoms with Crippen LogP contribution < -0.4 is 5.73 Å². The molecule has 12 heavy (non-hydrogen) atoms. The van der Waals surface area contributed by atoms with Gasteiger partial charge in [0.2, 0.25) is 0 Å². The van der Waals surface area contributed by atoms with Gasteiger partial charge in [0, 0.05) is 6.04 Å². The number of hydrogen-bond acceptors (Lipinski definition) is 1. The molecule has 0 bridgehead atoms. The van der Waals surface area contributed by atoms with Crippen LogP contribution in [0.1, 0.15) is 53.4 Å². The van der Waals surface area contributed by atoms with Crippen molar-refractivity contribution in [3.63, 3.8) is 0 Å². The first-order chi connectivity index (χ1) is 5.36. The molecular weight excluding hydrogens is 146 g/mol. The van der Waals surface area contributed by atoms with Crippen molar-refractivity contribution >= 4 is 0 Å². The van der Waals surface area contributed by atoms with Gasteiger partial charge in [-0.1, -0.05) is 27.2 Å². The molecule has 1 saturated carbocycles. The quantitative estimate of drug-likeness (QED) is 0.641. The summed E-state index contributed by atoms with van der Waals surface area (Å²) in [7, 11) is 0. The Hall–Kier alpha value is -0.0400. The summed E-state index contributed by atoms with van der Waals surface area (Å²) in [6, 6.07) is 0.345. The molecule has 1 rings (SSSR count). The first kappa shape index (κ1) is 10.0. The minimum Gasteiger partial charge on any atom is -0.327 e. The van der Waals surface area contributed by atoms with E-state index in [4.69, 9.17) is 5.73 Å². The summed E-state index contributed by atoms with van der Waals surface area (Å²) < 4.78 is 0. The molecule has 1 nitrogen and oxygen atoms in total. The number of hydrogen-bond donors (Lipinski definition) is 1. The zero-order chi connectivity index (χ0) is 9.41. The molecule has 2 N–H and O–H groups in total. The largest absolute Gasteiger partial charge is 0.327 e. The molecule has 0 aromatic carbocycles. The first-order valence-electron chi connectivity index (χ1n) is 5.11. The predicted octanol–water partition coefficient (Wildman–Crippen LogP) is 2.94. The third-order valence-electron chi connectivity index (χ3n) is 3.58. The summed E-state index contributed by atoms with van der Waals surface area (Å²) >= 11 is 0. The second-order valence-electron chi connectivity index (χ2n) is 5.64. The highest BCUT2D eigenvalue weighted by molar-refractivity contribution is 4.91. The molecule has 1 aliphatic carbocycles. The lowest BCUT2D eigenvalue weighted by molar-refractivity contribution is 0.0800. The molecule has 2 unspecified atom stereocenters. The van der Waals surface area contributed by atoms with Crippen LogP contribution in [0.25, 0.3) is 0 Å². The van der Waals surface area contributed by atoms with E-state index in [-0.39, 0.29) is 0 Å². The average Bonchev–Trinajstić information content (AvgIpc) is 1.83. The summed E-state index contributed by atoms with van der Waals surface area (Å²) in [5.41, 5.74) is 6.93. The van der Waals surface area contributed by atoms with E-state index in [0.717, 1.165) is 0 Å². The summed E-state index contributed by atoms with van der Waals surface area (Å²) in [5.74, 6) is 0. The zero-order valence-electron chi connectivity index (χ0n) is 8.98. The monoisotopic (exact) mass is 169 g/mol. The summed E-state index contributed by atoms with van der Waals surface area (Å²) in [5, 5.41) is 0. The van der Waals surface area contributed by atoms with Gasteiger partial charge in [-0.25, -0.2) is 0 Å². The molecule has 1 aliphatic rings. The van der Waals surface area contributed by atoms with Crippen LogP contribution in [0.4, 0.5) is 0 Å². The van der Waals surface area contributed by atoms with Crippen molar-refractivity contribution < 1.29 is 0 Å². The zero-order valence-corrected chi connectivity index (χ0v) is 8.98. The smallest absolute Gasteiger partial charge is 0.00645 e. The highest BCUT2D eigenvalue weighted by Crippen LogP contribution is 2.47. The fraction of sp³-hybridized carbons (Fsp3) is 1.00. The Balaban J connectivity index is 2.68. The molecule has 0 amide bonds. The number of rotatable bonds is 1. The van der Waals surface area contributed by atoms with Gasteiger partial charge in [-0.05, 0) is 37.0 Å². The molecule has 0 aliphatic heterocycles.